The second kappa shape index (κ2) is 7.31. The molecule has 0 saturated heterocycles. The number of hydrogen-bond acceptors (Lipinski definition) is 3. The third-order valence-corrected chi connectivity index (χ3v) is 2.94. The van der Waals surface area contributed by atoms with Crippen LogP contribution < -0.4 is 0 Å². The van der Waals surface area contributed by atoms with Gasteiger partial charge in [-0.1, -0.05) is 30.3 Å². The van der Waals surface area contributed by atoms with Crippen molar-refractivity contribution in [2.24, 2.45) is 0 Å². The van der Waals surface area contributed by atoms with Crippen molar-refractivity contribution < 1.29 is 14.2 Å². The van der Waals surface area contributed by atoms with Gasteiger partial charge in [0.1, 0.15) is 0 Å². The summed E-state index contributed by atoms with van der Waals surface area (Å²) < 4.78 is 16.1. The number of methoxy groups -OCH3 is 1. The van der Waals surface area contributed by atoms with Gasteiger partial charge in [-0.2, -0.15) is 0 Å². The highest BCUT2D eigenvalue weighted by molar-refractivity contribution is 5.13. The van der Waals surface area contributed by atoms with Crippen molar-refractivity contribution >= 4 is 0 Å². The summed E-state index contributed by atoms with van der Waals surface area (Å²) in [6, 6.07) is 10.2. The van der Waals surface area contributed by atoms with Crippen molar-refractivity contribution in [1.29, 1.82) is 0 Å². The Labute approximate surface area is 108 Å². The van der Waals surface area contributed by atoms with E-state index >= 15 is 0 Å². The quantitative estimate of drug-likeness (QED) is 0.548. The van der Waals surface area contributed by atoms with Gasteiger partial charge in [-0.25, -0.2) is 0 Å². The maximum Gasteiger partial charge on any atom is 0.177 e. The minimum atomic E-state index is -0.148. The average Bonchev–Trinajstić information content (AvgIpc) is 2.87. The molecule has 1 heterocycles. The zero-order chi connectivity index (χ0) is 12.6. The van der Waals surface area contributed by atoms with Crippen LogP contribution in [0.3, 0.4) is 0 Å². The van der Waals surface area contributed by atoms with Crippen molar-refractivity contribution in [3.63, 3.8) is 0 Å². The lowest BCUT2D eigenvalue weighted by Crippen LogP contribution is -2.05. The van der Waals surface area contributed by atoms with E-state index < -0.39 is 0 Å². The molecule has 18 heavy (non-hydrogen) atoms. The molecule has 0 radical (unpaired) electrons. The number of ether oxygens (including phenoxy) is 3. The van der Waals surface area contributed by atoms with Crippen LogP contribution in [-0.4, -0.2) is 26.6 Å². The van der Waals surface area contributed by atoms with Crippen molar-refractivity contribution in [3.8, 4) is 0 Å². The van der Waals surface area contributed by atoms with Gasteiger partial charge in [0.2, 0.25) is 0 Å². The van der Waals surface area contributed by atoms with E-state index in [0.717, 1.165) is 19.4 Å². The molecule has 0 aromatic heterocycles. The van der Waals surface area contributed by atoms with Crippen LogP contribution in [0.2, 0.25) is 0 Å². The number of benzene rings is 1. The fourth-order valence-electron chi connectivity index (χ4n) is 1.93. The second-order valence-electron chi connectivity index (χ2n) is 4.38. The third kappa shape index (κ3) is 4.26. The summed E-state index contributed by atoms with van der Waals surface area (Å²) in [5.41, 5.74) is 2.53. The molecule has 1 aliphatic rings. The Morgan fingerprint density at radius 1 is 1.28 bits per heavy atom. The number of hydrogen-bond donors (Lipinski definition) is 0. The Morgan fingerprint density at radius 2 is 2.11 bits per heavy atom. The summed E-state index contributed by atoms with van der Waals surface area (Å²) in [7, 11) is 1.66. The maximum atomic E-state index is 5.63. The summed E-state index contributed by atoms with van der Waals surface area (Å²) >= 11 is 0. The standard InChI is InChI=1S/C15H20O3/c1-16-15-10-14(12-18-15)8-5-9-17-11-13-6-3-2-4-7-13/h2-4,6-7,10,15H,5,8-9,11-12H2,1H3. The Morgan fingerprint density at radius 3 is 2.83 bits per heavy atom. The van der Waals surface area contributed by atoms with E-state index in [-0.39, 0.29) is 6.29 Å². The monoisotopic (exact) mass is 248 g/mol. The average molecular weight is 248 g/mol. The molecule has 3 nitrogen and oxygen atoms in total. The van der Waals surface area contributed by atoms with Gasteiger partial charge in [-0.05, 0) is 30.1 Å². The van der Waals surface area contributed by atoms with Crippen molar-refractivity contribution in [2.45, 2.75) is 25.7 Å². The molecule has 0 amide bonds. The van der Waals surface area contributed by atoms with E-state index in [2.05, 4.69) is 18.2 Å². The highest BCUT2D eigenvalue weighted by atomic mass is 16.7. The largest absolute Gasteiger partial charge is 0.377 e. The summed E-state index contributed by atoms with van der Waals surface area (Å²) in [6.07, 6.45) is 3.95. The van der Waals surface area contributed by atoms with E-state index in [1.165, 1.54) is 11.1 Å². The molecule has 0 spiro atoms. The van der Waals surface area contributed by atoms with Crippen LogP contribution >= 0.6 is 0 Å². The summed E-state index contributed by atoms with van der Waals surface area (Å²) in [6.45, 7) is 2.16. The minimum Gasteiger partial charge on any atom is -0.377 e. The normalized spacial score (nSPS) is 18.9. The first-order chi connectivity index (χ1) is 8.88. The zero-order valence-corrected chi connectivity index (χ0v) is 10.8. The predicted octanol–water partition coefficient (Wildman–Crippen LogP) is 2.91. The van der Waals surface area contributed by atoms with Gasteiger partial charge in [-0.15, -0.1) is 0 Å². The van der Waals surface area contributed by atoms with Crippen molar-refractivity contribution in [1.82, 2.24) is 0 Å². The molecular weight excluding hydrogens is 228 g/mol. The topological polar surface area (TPSA) is 27.7 Å². The summed E-state index contributed by atoms with van der Waals surface area (Å²) in [5, 5.41) is 0. The number of rotatable bonds is 7. The predicted molar refractivity (Wildman–Crippen MR) is 70.2 cm³/mol. The molecule has 98 valence electrons. The SMILES string of the molecule is COC1C=C(CCCOCc2ccccc2)CO1. The van der Waals surface area contributed by atoms with Crippen LogP contribution in [0.25, 0.3) is 0 Å². The van der Waals surface area contributed by atoms with Crippen molar-refractivity contribution in [3.05, 3.63) is 47.5 Å². The zero-order valence-electron chi connectivity index (χ0n) is 10.8. The highest BCUT2D eigenvalue weighted by Crippen LogP contribution is 2.16. The van der Waals surface area contributed by atoms with Crippen LogP contribution in [0, 0.1) is 0 Å². The molecule has 2 rings (SSSR count). The lowest BCUT2D eigenvalue weighted by atomic mass is 10.1. The van der Waals surface area contributed by atoms with Gasteiger partial charge in [-0.3, -0.25) is 0 Å². The highest BCUT2D eigenvalue weighted by Gasteiger charge is 2.14. The molecule has 1 aliphatic heterocycles. The first-order valence-corrected chi connectivity index (χ1v) is 6.34. The van der Waals surface area contributed by atoms with Gasteiger partial charge >= 0.3 is 0 Å². The van der Waals surface area contributed by atoms with E-state index in [1.807, 2.05) is 18.2 Å². The van der Waals surface area contributed by atoms with Crippen LogP contribution in [-0.2, 0) is 20.8 Å². The van der Waals surface area contributed by atoms with Crippen LogP contribution in [0.1, 0.15) is 18.4 Å². The minimum absolute atomic E-state index is 0.148. The smallest absolute Gasteiger partial charge is 0.177 e. The van der Waals surface area contributed by atoms with Gasteiger partial charge in [0.05, 0.1) is 13.2 Å². The molecule has 0 saturated carbocycles. The second-order valence-corrected chi connectivity index (χ2v) is 4.38. The van der Waals surface area contributed by atoms with Crippen molar-refractivity contribution in [2.75, 3.05) is 20.3 Å². The molecule has 1 atom stereocenters. The van der Waals surface area contributed by atoms with E-state index in [9.17, 15) is 0 Å². The van der Waals surface area contributed by atoms with Crippen LogP contribution in [0.5, 0.6) is 0 Å². The van der Waals surface area contributed by atoms with E-state index in [4.69, 9.17) is 14.2 Å². The van der Waals surface area contributed by atoms with Gasteiger partial charge < -0.3 is 14.2 Å². The lowest BCUT2D eigenvalue weighted by Gasteiger charge is -2.04. The van der Waals surface area contributed by atoms with Crippen LogP contribution in [0.15, 0.2) is 42.0 Å². The molecule has 1 aromatic rings. The molecule has 0 bridgehead atoms. The summed E-state index contributed by atoms with van der Waals surface area (Å²) in [4.78, 5) is 0. The fourth-order valence-corrected chi connectivity index (χ4v) is 1.93. The molecule has 0 fully saturated rings. The van der Waals surface area contributed by atoms with E-state index in [0.29, 0.717) is 13.2 Å². The molecule has 0 aliphatic carbocycles. The first kappa shape index (κ1) is 13.3. The van der Waals surface area contributed by atoms with Gasteiger partial charge in [0, 0.05) is 13.7 Å². The lowest BCUT2D eigenvalue weighted by molar-refractivity contribution is -0.0692. The molecule has 0 N–H and O–H groups in total. The maximum absolute atomic E-state index is 5.63. The Balaban J connectivity index is 1.57. The molecule has 3 heteroatoms. The van der Waals surface area contributed by atoms with Gasteiger partial charge in [0.15, 0.2) is 6.29 Å². The molecular formula is C15H20O3. The Kier molecular flexibility index (Phi) is 5.39. The molecule has 1 unspecified atom stereocenters. The summed E-state index contributed by atoms with van der Waals surface area (Å²) in [5.74, 6) is 0. The van der Waals surface area contributed by atoms with E-state index in [1.54, 1.807) is 7.11 Å². The Bertz CT molecular complexity index is 373. The van der Waals surface area contributed by atoms with Gasteiger partial charge in [0.25, 0.3) is 0 Å². The molecule has 1 aromatic carbocycles. The third-order valence-electron chi connectivity index (χ3n) is 2.94. The Hall–Kier alpha value is -1.16. The van der Waals surface area contributed by atoms with Crippen LogP contribution in [0.4, 0.5) is 0 Å². The fraction of sp³-hybridized carbons (Fsp3) is 0.467. The first-order valence-electron chi connectivity index (χ1n) is 6.34.